The summed E-state index contributed by atoms with van der Waals surface area (Å²) in [6, 6.07) is 6.39. The van der Waals surface area contributed by atoms with Crippen molar-refractivity contribution < 1.29 is 18.6 Å². The molecule has 0 aromatic heterocycles. The Hall–Kier alpha value is -0.700. The Morgan fingerprint density at radius 1 is 1.19 bits per heavy atom. The van der Waals surface area contributed by atoms with Gasteiger partial charge in [0.1, 0.15) is 4.90 Å². The number of nitrogens with zero attached hydrogens (tertiary/aromatic N) is 2. The molecule has 0 radical (unpaired) electrons. The Bertz CT molecular complexity index is 573. The normalized spacial score (nSPS) is 19.6. The molecule has 1 fully saturated rings. The number of sulfonamides is 1. The number of halogens is 1. The van der Waals surface area contributed by atoms with Gasteiger partial charge in [0, 0.05) is 32.7 Å². The van der Waals surface area contributed by atoms with Crippen LogP contribution in [-0.2, 0) is 10.0 Å². The standard InChI is InChI=1S/C13H19ClN2O4S/c14-12-3-1-2-4-13(12)21(19,20)16-7-5-15(6-8-16)9-11(18)10-17/h1-4,11,17-18H,5-10H2/t11-/m0/s1. The molecule has 0 saturated carbocycles. The number of piperazine rings is 1. The summed E-state index contributed by atoms with van der Waals surface area (Å²) in [5.41, 5.74) is 0. The van der Waals surface area contributed by atoms with Gasteiger partial charge in [-0.2, -0.15) is 4.31 Å². The molecule has 1 heterocycles. The molecular weight excluding hydrogens is 316 g/mol. The number of aliphatic hydroxyl groups excluding tert-OH is 2. The second kappa shape index (κ2) is 7.04. The molecule has 0 bridgehead atoms. The first-order chi connectivity index (χ1) is 9.95. The average Bonchev–Trinajstić information content (AvgIpc) is 2.48. The molecular formula is C13H19ClN2O4S. The lowest BCUT2D eigenvalue weighted by molar-refractivity contribution is 0.0491. The van der Waals surface area contributed by atoms with Gasteiger partial charge >= 0.3 is 0 Å². The Balaban J connectivity index is 2.03. The van der Waals surface area contributed by atoms with Crippen LogP contribution in [0.5, 0.6) is 0 Å². The van der Waals surface area contributed by atoms with E-state index in [1.807, 2.05) is 4.90 Å². The van der Waals surface area contributed by atoms with E-state index >= 15 is 0 Å². The molecule has 6 nitrogen and oxygen atoms in total. The first-order valence-corrected chi connectivity index (χ1v) is 8.53. The molecule has 1 aliphatic heterocycles. The van der Waals surface area contributed by atoms with E-state index in [0.717, 1.165) is 0 Å². The van der Waals surface area contributed by atoms with E-state index < -0.39 is 16.1 Å². The minimum atomic E-state index is -3.59. The van der Waals surface area contributed by atoms with Crippen molar-refractivity contribution in [3.8, 4) is 0 Å². The van der Waals surface area contributed by atoms with Crippen LogP contribution < -0.4 is 0 Å². The van der Waals surface area contributed by atoms with Gasteiger partial charge in [-0.3, -0.25) is 4.90 Å². The summed E-state index contributed by atoms with van der Waals surface area (Å²) in [5, 5.41) is 18.5. The lowest BCUT2D eigenvalue weighted by Gasteiger charge is -2.34. The molecule has 21 heavy (non-hydrogen) atoms. The quantitative estimate of drug-likeness (QED) is 0.792. The first-order valence-electron chi connectivity index (χ1n) is 6.71. The molecule has 1 aromatic rings. The molecule has 1 saturated heterocycles. The Morgan fingerprint density at radius 2 is 1.81 bits per heavy atom. The van der Waals surface area contributed by atoms with Crippen LogP contribution in [0.3, 0.4) is 0 Å². The van der Waals surface area contributed by atoms with Crippen molar-refractivity contribution in [2.45, 2.75) is 11.0 Å². The van der Waals surface area contributed by atoms with Crippen LogP contribution in [0.1, 0.15) is 0 Å². The van der Waals surface area contributed by atoms with Gasteiger partial charge in [0.25, 0.3) is 0 Å². The summed E-state index contributed by atoms with van der Waals surface area (Å²) in [4.78, 5) is 2.05. The SMILES string of the molecule is O=S(=O)(c1ccccc1Cl)N1CCN(C[C@H](O)CO)CC1. The summed E-state index contributed by atoms with van der Waals surface area (Å²) in [7, 11) is -3.59. The highest BCUT2D eigenvalue weighted by Crippen LogP contribution is 2.24. The summed E-state index contributed by atoms with van der Waals surface area (Å²) >= 11 is 5.97. The van der Waals surface area contributed by atoms with Crippen molar-refractivity contribution in [1.29, 1.82) is 0 Å². The number of aliphatic hydroxyl groups is 2. The lowest BCUT2D eigenvalue weighted by Crippen LogP contribution is -2.50. The van der Waals surface area contributed by atoms with Crippen LogP contribution in [0.15, 0.2) is 29.2 Å². The van der Waals surface area contributed by atoms with Gasteiger partial charge in [0.2, 0.25) is 10.0 Å². The van der Waals surface area contributed by atoms with E-state index in [9.17, 15) is 13.5 Å². The predicted molar refractivity (Wildman–Crippen MR) is 79.7 cm³/mol. The van der Waals surface area contributed by atoms with Crippen LogP contribution >= 0.6 is 11.6 Å². The molecule has 0 aliphatic carbocycles. The van der Waals surface area contributed by atoms with Crippen molar-refractivity contribution in [2.75, 3.05) is 39.3 Å². The minimum absolute atomic E-state index is 0.121. The third-order valence-corrected chi connectivity index (χ3v) is 5.86. The summed E-state index contributed by atoms with van der Waals surface area (Å²) in [6.45, 7) is 1.76. The first kappa shape index (κ1) is 16.7. The number of benzene rings is 1. The fourth-order valence-electron chi connectivity index (χ4n) is 2.30. The van der Waals surface area contributed by atoms with Crippen molar-refractivity contribution in [2.24, 2.45) is 0 Å². The fourth-order valence-corrected chi connectivity index (χ4v) is 4.22. The molecule has 118 valence electrons. The highest BCUT2D eigenvalue weighted by atomic mass is 35.5. The average molecular weight is 335 g/mol. The largest absolute Gasteiger partial charge is 0.394 e. The molecule has 1 atom stereocenters. The van der Waals surface area contributed by atoms with Gasteiger partial charge in [-0.15, -0.1) is 0 Å². The second-order valence-corrected chi connectivity index (χ2v) is 7.29. The van der Waals surface area contributed by atoms with Gasteiger partial charge in [0.05, 0.1) is 17.7 Å². The third-order valence-electron chi connectivity index (χ3n) is 3.47. The van der Waals surface area contributed by atoms with E-state index in [1.54, 1.807) is 18.2 Å². The molecule has 0 unspecified atom stereocenters. The Labute approximate surface area is 129 Å². The van der Waals surface area contributed by atoms with Crippen LogP contribution in [-0.4, -0.2) is 73.3 Å². The second-order valence-electron chi connectivity index (χ2n) is 4.97. The van der Waals surface area contributed by atoms with Crippen LogP contribution in [0.2, 0.25) is 5.02 Å². The minimum Gasteiger partial charge on any atom is -0.394 e. The highest BCUT2D eigenvalue weighted by Gasteiger charge is 2.30. The van der Waals surface area contributed by atoms with Gasteiger partial charge in [-0.1, -0.05) is 23.7 Å². The van der Waals surface area contributed by atoms with E-state index in [2.05, 4.69) is 0 Å². The molecule has 1 aromatic carbocycles. The number of hydrogen-bond donors (Lipinski definition) is 2. The summed E-state index contributed by atoms with van der Waals surface area (Å²) in [6.07, 6.45) is -0.795. The van der Waals surface area contributed by atoms with E-state index in [4.69, 9.17) is 16.7 Å². The topological polar surface area (TPSA) is 81.1 Å². The maximum absolute atomic E-state index is 12.5. The van der Waals surface area contributed by atoms with E-state index in [-0.39, 0.29) is 16.5 Å². The van der Waals surface area contributed by atoms with E-state index in [1.165, 1.54) is 10.4 Å². The monoisotopic (exact) mass is 334 g/mol. The summed E-state index contributed by atoms with van der Waals surface area (Å²) < 4.78 is 26.5. The molecule has 0 amide bonds. The van der Waals surface area contributed by atoms with Gasteiger partial charge < -0.3 is 10.2 Å². The zero-order valence-corrected chi connectivity index (χ0v) is 13.1. The third kappa shape index (κ3) is 3.94. The Morgan fingerprint density at radius 3 is 2.38 bits per heavy atom. The maximum atomic E-state index is 12.5. The highest BCUT2D eigenvalue weighted by molar-refractivity contribution is 7.89. The summed E-state index contributed by atoms with van der Waals surface area (Å²) in [5.74, 6) is 0. The smallest absolute Gasteiger partial charge is 0.244 e. The fraction of sp³-hybridized carbons (Fsp3) is 0.538. The van der Waals surface area contributed by atoms with Gasteiger partial charge in [-0.25, -0.2) is 8.42 Å². The number of rotatable bonds is 5. The predicted octanol–water partition coefficient (Wildman–Crippen LogP) is -0.000500. The van der Waals surface area contributed by atoms with Crippen LogP contribution in [0.25, 0.3) is 0 Å². The van der Waals surface area contributed by atoms with Crippen molar-refractivity contribution in [3.63, 3.8) is 0 Å². The molecule has 1 aliphatic rings. The Kier molecular flexibility index (Phi) is 5.59. The molecule has 2 rings (SSSR count). The molecule has 0 spiro atoms. The van der Waals surface area contributed by atoms with E-state index in [0.29, 0.717) is 32.7 Å². The van der Waals surface area contributed by atoms with Crippen LogP contribution in [0.4, 0.5) is 0 Å². The number of β-amino-alcohol motifs (C(OH)–C–C–N with tert-alkyl or cyclic N) is 1. The zero-order chi connectivity index (χ0) is 15.5. The van der Waals surface area contributed by atoms with Gasteiger partial charge in [0.15, 0.2) is 0 Å². The zero-order valence-electron chi connectivity index (χ0n) is 11.5. The van der Waals surface area contributed by atoms with Crippen molar-refractivity contribution in [1.82, 2.24) is 9.21 Å². The van der Waals surface area contributed by atoms with Crippen LogP contribution in [0, 0.1) is 0 Å². The molecule has 8 heteroatoms. The lowest BCUT2D eigenvalue weighted by atomic mass is 10.3. The van der Waals surface area contributed by atoms with Crippen molar-refractivity contribution >= 4 is 21.6 Å². The number of hydrogen-bond acceptors (Lipinski definition) is 5. The maximum Gasteiger partial charge on any atom is 0.244 e. The van der Waals surface area contributed by atoms with Crippen molar-refractivity contribution in [3.05, 3.63) is 29.3 Å². The molecule has 2 N–H and O–H groups in total. The van der Waals surface area contributed by atoms with Gasteiger partial charge in [-0.05, 0) is 12.1 Å².